The second kappa shape index (κ2) is 4.32. The highest BCUT2D eigenvalue weighted by Crippen LogP contribution is 2.15. The van der Waals surface area contributed by atoms with Crippen molar-refractivity contribution in [1.82, 2.24) is 19.2 Å². The van der Waals surface area contributed by atoms with Crippen molar-refractivity contribution in [3.8, 4) is 0 Å². The fourth-order valence-corrected chi connectivity index (χ4v) is 2.72. The Morgan fingerprint density at radius 1 is 1.11 bits per heavy atom. The largest absolute Gasteiger partial charge is 0.344 e. The van der Waals surface area contributed by atoms with E-state index in [9.17, 15) is 8.42 Å². The number of nitrogens with one attached hydrogen (secondary N) is 1. The van der Waals surface area contributed by atoms with Crippen molar-refractivity contribution < 1.29 is 8.42 Å². The molecule has 3 aromatic rings. The van der Waals surface area contributed by atoms with Crippen LogP contribution in [0.4, 0.5) is 5.82 Å². The van der Waals surface area contributed by atoms with E-state index in [4.69, 9.17) is 0 Å². The third-order valence-corrected chi connectivity index (χ3v) is 3.68. The molecule has 0 radical (unpaired) electrons. The van der Waals surface area contributed by atoms with Crippen LogP contribution >= 0.6 is 0 Å². The first kappa shape index (κ1) is 11.6. The minimum Gasteiger partial charge on any atom is -0.259 e. The second-order valence-corrected chi connectivity index (χ2v) is 5.24. The van der Waals surface area contributed by atoms with Gasteiger partial charge in [-0.3, -0.25) is 4.98 Å². The van der Waals surface area contributed by atoms with Gasteiger partial charge in [0.05, 0.1) is 17.9 Å². The van der Waals surface area contributed by atoms with E-state index in [-0.39, 0.29) is 5.82 Å². The van der Waals surface area contributed by atoms with Crippen molar-refractivity contribution in [3.05, 3.63) is 49.1 Å². The van der Waals surface area contributed by atoms with Crippen molar-refractivity contribution in [3.63, 3.8) is 0 Å². The Bertz CT molecular complexity index is 813. The summed E-state index contributed by atoms with van der Waals surface area (Å²) in [7, 11) is -3.84. The zero-order valence-electron chi connectivity index (χ0n) is 9.63. The summed E-state index contributed by atoms with van der Waals surface area (Å²) in [6.07, 6.45) is 5.68. The Labute approximate surface area is 109 Å². The number of benzene rings is 1. The van der Waals surface area contributed by atoms with Crippen LogP contribution < -0.4 is 4.72 Å². The van der Waals surface area contributed by atoms with E-state index in [1.165, 1.54) is 24.8 Å². The smallest absolute Gasteiger partial charge is 0.259 e. The molecule has 0 aliphatic rings. The first-order valence-corrected chi connectivity index (χ1v) is 6.83. The van der Waals surface area contributed by atoms with Crippen LogP contribution in [0.2, 0.25) is 0 Å². The number of aromatic nitrogens is 4. The quantitative estimate of drug-likeness (QED) is 0.771. The van der Waals surface area contributed by atoms with Crippen LogP contribution in [0.3, 0.4) is 0 Å². The maximum Gasteiger partial charge on any atom is 0.344 e. The van der Waals surface area contributed by atoms with Crippen LogP contribution in [0.15, 0.2) is 49.1 Å². The fraction of sp³-hybridized carbons (Fsp3) is 0. The first-order valence-electron chi connectivity index (χ1n) is 5.39. The normalized spacial score (nSPS) is 11.6. The average molecular weight is 275 g/mol. The molecule has 96 valence electrons. The van der Waals surface area contributed by atoms with Crippen molar-refractivity contribution in [1.29, 1.82) is 0 Å². The third kappa shape index (κ3) is 2.13. The van der Waals surface area contributed by atoms with Gasteiger partial charge in [0.15, 0.2) is 5.82 Å². The van der Waals surface area contributed by atoms with E-state index in [1.807, 2.05) is 6.07 Å². The second-order valence-electron chi connectivity index (χ2n) is 3.74. The van der Waals surface area contributed by atoms with Crippen molar-refractivity contribution in [2.75, 3.05) is 4.72 Å². The molecule has 0 amide bonds. The molecule has 0 aliphatic heterocycles. The van der Waals surface area contributed by atoms with Gasteiger partial charge >= 0.3 is 10.2 Å². The average Bonchev–Trinajstić information content (AvgIpc) is 2.84. The molecular weight excluding hydrogens is 266 g/mol. The number of hydrogen-bond donors (Lipinski definition) is 1. The van der Waals surface area contributed by atoms with E-state index in [0.29, 0.717) is 5.52 Å². The summed E-state index contributed by atoms with van der Waals surface area (Å²) >= 11 is 0. The van der Waals surface area contributed by atoms with Gasteiger partial charge in [0.2, 0.25) is 0 Å². The van der Waals surface area contributed by atoms with Crippen LogP contribution in [0.5, 0.6) is 0 Å². The minimum atomic E-state index is -3.84. The number of nitrogens with zero attached hydrogens (tertiary/aromatic N) is 4. The van der Waals surface area contributed by atoms with E-state index in [1.54, 1.807) is 18.2 Å². The van der Waals surface area contributed by atoms with Gasteiger partial charge in [-0.15, -0.1) is 4.09 Å². The zero-order valence-corrected chi connectivity index (χ0v) is 10.4. The molecule has 3 rings (SSSR count). The Morgan fingerprint density at radius 2 is 1.95 bits per heavy atom. The van der Waals surface area contributed by atoms with E-state index in [0.717, 1.165) is 9.47 Å². The highest BCUT2D eigenvalue weighted by molar-refractivity contribution is 7.91. The maximum atomic E-state index is 12.2. The topological polar surface area (TPSA) is 89.8 Å². The predicted octanol–water partition coefficient (Wildman–Crippen LogP) is 1.03. The Kier molecular flexibility index (Phi) is 2.64. The molecule has 0 atom stereocenters. The fourth-order valence-electron chi connectivity index (χ4n) is 1.67. The standard InChI is InChI=1S/C11H9N5O2S/c17-19(18,15-11-8-12-5-6-13-11)16-10-4-2-1-3-9(10)7-14-16/h1-8H,(H,13,15). The van der Waals surface area contributed by atoms with Crippen LogP contribution in [0, 0.1) is 0 Å². The van der Waals surface area contributed by atoms with Crippen molar-refractivity contribution >= 4 is 26.9 Å². The molecule has 1 N–H and O–H groups in total. The van der Waals surface area contributed by atoms with Crippen LogP contribution in [-0.4, -0.2) is 27.6 Å². The van der Waals surface area contributed by atoms with Gasteiger partial charge in [0.25, 0.3) is 0 Å². The number of fused-ring (bicyclic) bond motifs is 1. The lowest BCUT2D eigenvalue weighted by Crippen LogP contribution is -2.23. The molecule has 0 aliphatic carbocycles. The zero-order chi connectivity index (χ0) is 13.3. The first-order chi connectivity index (χ1) is 9.17. The SMILES string of the molecule is O=S(=O)(Nc1cnccn1)n1ncc2ccccc21. The summed E-state index contributed by atoms with van der Waals surface area (Å²) in [5.74, 6) is 0.141. The van der Waals surface area contributed by atoms with Gasteiger partial charge in [-0.1, -0.05) is 18.2 Å². The molecule has 0 saturated carbocycles. The van der Waals surface area contributed by atoms with Gasteiger partial charge in [-0.2, -0.15) is 13.5 Å². The van der Waals surface area contributed by atoms with E-state index >= 15 is 0 Å². The summed E-state index contributed by atoms with van der Waals surface area (Å²) in [6.45, 7) is 0. The number of para-hydroxylation sites is 1. The van der Waals surface area contributed by atoms with Gasteiger partial charge in [0, 0.05) is 17.8 Å². The van der Waals surface area contributed by atoms with Crippen molar-refractivity contribution in [2.45, 2.75) is 0 Å². The summed E-state index contributed by atoms with van der Waals surface area (Å²) < 4.78 is 27.6. The van der Waals surface area contributed by atoms with Crippen LogP contribution in [0.1, 0.15) is 0 Å². The number of hydrogen-bond acceptors (Lipinski definition) is 5. The molecule has 2 heterocycles. The lowest BCUT2D eigenvalue weighted by molar-refractivity contribution is 0.587. The van der Waals surface area contributed by atoms with E-state index < -0.39 is 10.2 Å². The van der Waals surface area contributed by atoms with Gasteiger partial charge in [0.1, 0.15) is 0 Å². The van der Waals surface area contributed by atoms with E-state index in [2.05, 4.69) is 19.8 Å². The van der Waals surface area contributed by atoms with Crippen LogP contribution in [-0.2, 0) is 10.2 Å². The molecule has 8 heteroatoms. The molecule has 7 nitrogen and oxygen atoms in total. The van der Waals surface area contributed by atoms with Gasteiger partial charge in [-0.05, 0) is 6.07 Å². The predicted molar refractivity (Wildman–Crippen MR) is 69.7 cm³/mol. The Hall–Kier alpha value is -2.48. The molecule has 2 aromatic heterocycles. The molecule has 19 heavy (non-hydrogen) atoms. The summed E-state index contributed by atoms with van der Waals surface area (Å²) in [5, 5.41) is 4.62. The highest BCUT2D eigenvalue weighted by atomic mass is 32.2. The third-order valence-electron chi connectivity index (χ3n) is 2.47. The monoisotopic (exact) mass is 275 g/mol. The Morgan fingerprint density at radius 3 is 2.74 bits per heavy atom. The molecular formula is C11H9N5O2S. The summed E-state index contributed by atoms with van der Waals surface area (Å²) in [5.41, 5.74) is 0.499. The highest BCUT2D eigenvalue weighted by Gasteiger charge is 2.17. The number of anilines is 1. The molecule has 0 unspecified atom stereocenters. The summed E-state index contributed by atoms with van der Waals surface area (Å²) in [6, 6.07) is 7.03. The lowest BCUT2D eigenvalue weighted by Gasteiger charge is -2.07. The number of rotatable bonds is 3. The minimum absolute atomic E-state index is 0.141. The molecule has 0 spiro atoms. The van der Waals surface area contributed by atoms with Gasteiger partial charge < -0.3 is 0 Å². The lowest BCUT2D eigenvalue weighted by atomic mass is 10.3. The van der Waals surface area contributed by atoms with Gasteiger partial charge in [-0.25, -0.2) is 9.71 Å². The van der Waals surface area contributed by atoms with Crippen molar-refractivity contribution in [2.24, 2.45) is 0 Å². The Balaban J connectivity index is 2.05. The molecule has 0 bridgehead atoms. The summed E-state index contributed by atoms with van der Waals surface area (Å²) in [4.78, 5) is 7.65. The molecule has 0 saturated heterocycles. The molecule has 0 fully saturated rings. The molecule has 1 aromatic carbocycles. The maximum absolute atomic E-state index is 12.2. The van der Waals surface area contributed by atoms with Crippen LogP contribution in [0.25, 0.3) is 10.9 Å².